The predicted octanol–water partition coefficient (Wildman–Crippen LogP) is 3.38. The molecular formula is C12H26N2. The maximum absolute atomic E-state index is 7.97. The molecule has 0 spiro atoms. The molecule has 0 rings (SSSR count). The number of hydrogen-bond donors (Lipinski definition) is 1. The van der Waals surface area contributed by atoms with Gasteiger partial charge >= 0.3 is 0 Å². The van der Waals surface area contributed by atoms with Gasteiger partial charge in [0.15, 0.2) is 0 Å². The van der Waals surface area contributed by atoms with Crippen LogP contribution in [0.5, 0.6) is 0 Å². The molecule has 0 bridgehead atoms. The lowest BCUT2D eigenvalue weighted by atomic mass is 10.0. The molecule has 0 unspecified atom stereocenters. The summed E-state index contributed by atoms with van der Waals surface area (Å²) in [6.07, 6.45) is 2.44. The zero-order valence-electron chi connectivity index (χ0n) is 10.4. The van der Waals surface area contributed by atoms with Gasteiger partial charge in [-0.3, -0.25) is 5.41 Å². The second-order valence-electron chi connectivity index (χ2n) is 4.26. The highest BCUT2D eigenvalue weighted by molar-refractivity contribution is 5.80. The SMILES string of the molecule is CCC(CC)CN(CC)C(=N)C(C)C. The second-order valence-corrected chi connectivity index (χ2v) is 4.26. The molecule has 84 valence electrons. The van der Waals surface area contributed by atoms with Crippen molar-refractivity contribution in [1.29, 1.82) is 5.41 Å². The Morgan fingerprint density at radius 1 is 1.14 bits per heavy atom. The maximum Gasteiger partial charge on any atom is 0.0983 e. The van der Waals surface area contributed by atoms with Gasteiger partial charge in [0.25, 0.3) is 0 Å². The smallest absolute Gasteiger partial charge is 0.0983 e. The summed E-state index contributed by atoms with van der Waals surface area (Å²) in [7, 11) is 0. The monoisotopic (exact) mass is 198 g/mol. The minimum absolute atomic E-state index is 0.351. The molecule has 0 aliphatic heterocycles. The Hall–Kier alpha value is -0.530. The standard InChI is InChI=1S/C12H26N2/c1-6-11(7-2)9-14(8-3)12(13)10(4)5/h10-11,13H,6-9H2,1-5H3. The van der Waals surface area contributed by atoms with Gasteiger partial charge in [-0.2, -0.15) is 0 Å². The average Bonchev–Trinajstić information content (AvgIpc) is 2.19. The molecule has 0 aromatic rings. The van der Waals surface area contributed by atoms with Crippen molar-refractivity contribution in [3.8, 4) is 0 Å². The van der Waals surface area contributed by atoms with Crippen LogP contribution in [0.4, 0.5) is 0 Å². The number of nitrogens with zero attached hydrogens (tertiary/aromatic N) is 1. The first-order valence-corrected chi connectivity index (χ1v) is 5.90. The molecule has 0 aromatic heterocycles. The average molecular weight is 198 g/mol. The lowest BCUT2D eigenvalue weighted by molar-refractivity contribution is 0.323. The molecule has 0 radical (unpaired) electrons. The Kier molecular flexibility index (Phi) is 6.60. The maximum atomic E-state index is 7.97. The van der Waals surface area contributed by atoms with E-state index in [9.17, 15) is 0 Å². The predicted molar refractivity (Wildman–Crippen MR) is 63.9 cm³/mol. The van der Waals surface area contributed by atoms with Crippen LogP contribution in [0, 0.1) is 17.2 Å². The van der Waals surface area contributed by atoms with Gasteiger partial charge in [-0.1, -0.05) is 40.5 Å². The minimum Gasteiger partial charge on any atom is -0.360 e. The van der Waals surface area contributed by atoms with Gasteiger partial charge in [0, 0.05) is 19.0 Å². The molecule has 14 heavy (non-hydrogen) atoms. The first-order chi connectivity index (χ1) is 6.56. The highest BCUT2D eigenvalue weighted by Gasteiger charge is 2.14. The summed E-state index contributed by atoms with van der Waals surface area (Å²) in [5.74, 6) is 1.89. The summed E-state index contributed by atoms with van der Waals surface area (Å²) < 4.78 is 0. The quantitative estimate of drug-likeness (QED) is 0.514. The zero-order valence-corrected chi connectivity index (χ0v) is 10.4. The van der Waals surface area contributed by atoms with E-state index in [0.717, 1.165) is 24.8 Å². The Morgan fingerprint density at radius 2 is 1.64 bits per heavy atom. The molecule has 0 heterocycles. The fraction of sp³-hybridized carbons (Fsp3) is 0.917. The number of amidine groups is 1. The minimum atomic E-state index is 0.351. The van der Waals surface area contributed by atoms with E-state index in [0.29, 0.717) is 5.92 Å². The molecule has 0 aliphatic rings. The molecular weight excluding hydrogens is 172 g/mol. The lowest BCUT2D eigenvalue weighted by Crippen LogP contribution is -2.37. The molecule has 0 saturated carbocycles. The Morgan fingerprint density at radius 3 is 1.93 bits per heavy atom. The fourth-order valence-electron chi connectivity index (χ4n) is 1.62. The first kappa shape index (κ1) is 13.5. The van der Waals surface area contributed by atoms with Crippen molar-refractivity contribution in [2.24, 2.45) is 11.8 Å². The van der Waals surface area contributed by atoms with E-state index in [-0.39, 0.29) is 0 Å². The van der Waals surface area contributed by atoms with Gasteiger partial charge < -0.3 is 4.90 Å². The molecule has 0 fully saturated rings. The van der Waals surface area contributed by atoms with E-state index in [1.54, 1.807) is 0 Å². The lowest BCUT2D eigenvalue weighted by Gasteiger charge is -2.29. The Bertz CT molecular complexity index is 160. The van der Waals surface area contributed by atoms with Crippen molar-refractivity contribution in [2.45, 2.75) is 47.5 Å². The first-order valence-electron chi connectivity index (χ1n) is 5.90. The normalized spacial score (nSPS) is 11.1. The molecule has 0 aromatic carbocycles. The molecule has 0 amide bonds. The van der Waals surface area contributed by atoms with E-state index < -0.39 is 0 Å². The van der Waals surface area contributed by atoms with Crippen LogP contribution >= 0.6 is 0 Å². The zero-order chi connectivity index (χ0) is 11.1. The van der Waals surface area contributed by atoms with Crippen LogP contribution < -0.4 is 0 Å². The number of nitrogens with one attached hydrogen (secondary N) is 1. The molecule has 0 aliphatic carbocycles. The molecule has 0 atom stereocenters. The van der Waals surface area contributed by atoms with Crippen molar-refractivity contribution in [3.63, 3.8) is 0 Å². The van der Waals surface area contributed by atoms with Gasteiger partial charge in [0.05, 0.1) is 5.84 Å². The van der Waals surface area contributed by atoms with E-state index in [1.165, 1.54) is 12.8 Å². The number of rotatable bonds is 6. The largest absolute Gasteiger partial charge is 0.360 e. The summed E-state index contributed by atoms with van der Waals surface area (Å²) in [4.78, 5) is 2.21. The van der Waals surface area contributed by atoms with Crippen LogP contribution in [0.15, 0.2) is 0 Å². The van der Waals surface area contributed by atoms with E-state index in [1.807, 2.05) is 0 Å². The summed E-state index contributed by atoms with van der Waals surface area (Å²) >= 11 is 0. The molecule has 2 nitrogen and oxygen atoms in total. The summed E-state index contributed by atoms with van der Waals surface area (Å²) in [5, 5.41) is 7.97. The highest BCUT2D eigenvalue weighted by atomic mass is 15.2. The van der Waals surface area contributed by atoms with Crippen molar-refractivity contribution in [2.75, 3.05) is 13.1 Å². The second kappa shape index (κ2) is 6.86. The van der Waals surface area contributed by atoms with Crippen LogP contribution in [-0.2, 0) is 0 Å². The third-order valence-electron chi connectivity index (χ3n) is 2.90. The van der Waals surface area contributed by atoms with Crippen LogP contribution in [0.25, 0.3) is 0 Å². The third kappa shape index (κ3) is 4.12. The van der Waals surface area contributed by atoms with Crippen molar-refractivity contribution in [3.05, 3.63) is 0 Å². The van der Waals surface area contributed by atoms with Gasteiger partial charge in [-0.15, -0.1) is 0 Å². The highest BCUT2D eigenvalue weighted by Crippen LogP contribution is 2.12. The van der Waals surface area contributed by atoms with Crippen LogP contribution in [0.1, 0.15) is 47.5 Å². The molecule has 0 saturated heterocycles. The van der Waals surface area contributed by atoms with E-state index >= 15 is 0 Å². The van der Waals surface area contributed by atoms with Gasteiger partial charge in [-0.25, -0.2) is 0 Å². The number of hydrogen-bond acceptors (Lipinski definition) is 1. The van der Waals surface area contributed by atoms with Crippen LogP contribution in [-0.4, -0.2) is 23.8 Å². The van der Waals surface area contributed by atoms with Crippen LogP contribution in [0.3, 0.4) is 0 Å². The van der Waals surface area contributed by atoms with Gasteiger partial charge in [0.1, 0.15) is 0 Å². The van der Waals surface area contributed by atoms with E-state index in [4.69, 9.17) is 5.41 Å². The van der Waals surface area contributed by atoms with Crippen molar-refractivity contribution in [1.82, 2.24) is 4.90 Å². The molecule has 1 N–H and O–H groups in total. The molecule has 2 heteroatoms. The van der Waals surface area contributed by atoms with Crippen molar-refractivity contribution < 1.29 is 0 Å². The third-order valence-corrected chi connectivity index (χ3v) is 2.90. The summed E-state index contributed by atoms with van der Waals surface area (Å²) in [5.41, 5.74) is 0. The van der Waals surface area contributed by atoms with Crippen LogP contribution in [0.2, 0.25) is 0 Å². The summed E-state index contributed by atoms with van der Waals surface area (Å²) in [6.45, 7) is 12.8. The topological polar surface area (TPSA) is 27.1 Å². The van der Waals surface area contributed by atoms with E-state index in [2.05, 4.69) is 39.5 Å². The fourth-order valence-corrected chi connectivity index (χ4v) is 1.62. The van der Waals surface area contributed by atoms with Gasteiger partial charge in [-0.05, 0) is 12.8 Å². The summed E-state index contributed by atoms with van der Waals surface area (Å²) in [6, 6.07) is 0. The Balaban J connectivity index is 4.20. The Labute approximate surface area is 89.2 Å². The van der Waals surface area contributed by atoms with Crippen molar-refractivity contribution >= 4 is 5.84 Å². The van der Waals surface area contributed by atoms with Gasteiger partial charge in [0.2, 0.25) is 0 Å².